The summed E-state index contributed by atoms with van der Waals surface area (Å²) in [5.41, 5.74) is 1.31. The highest BCUT2D eigenvalue weighted by Crippen LogP contribution is 2.57. The minimum atomic E-state index is -2.52. The van der Waals surface area contributed by atoms with Crippen molar-refractivity contribution >= 4 is 22.7 Å². The molecular formula is C20H18F3N5. The summed E-state index contributed by atoms with van der Waals surface area (Å²) in [6.07, 6.45) is 1.38. The molecule has 1 aromatic carbocycles. The monoisotopic (exact) mass is 385 g/mol. The van der Waals surface area contributed by atoms with Gasteiger partial charge in [0.05, 0.1) is 5.52 Å². The van der Waals surface area contributed by atoms with E-state index >= 15 is 0 Å². The van der Waals surface area contributed by atoms with E-state index in [1.54, 1.807) is 6.07 Å². The molecule has 0 radical (unpaired) electrons. The Kier molecular flexibility index (Phi) is 3.72. The summed E-state index contributed by atoms with van der Waals surface area (Å²) in [5, 5.41) is 4.05. The van der Waals surface area contributed by atoms with Crippen LogP contribution < -0.4 is 10.2 Å². The fraction of sp³-hybridized carbons (Fsp3) is 0.350. The molecule has 1 spiro atoms. The van der Waals surface area contributed by atoms with Crippen LogP contribution in [0.5, 0.6) is 0 Å². The third kappa shape index (κ3) is 3.02. The molecule has 1 saturated carbocycles. The minimum Gasteiger partial charge on any atom is -0.355 e. The lowest BCUT2D eigenvalue weighted by Gasteiger charge is -2.59. The van der Waals surface area contributed by atoms with Crippen molar-refractivity contribution in [2.24, 2.45) is 5.41 Å². The lowest BCUT2D eigenvalue weighted by Crippen LogP contribution is -2.66. The molecule has 3 heterocycles. The summed E-state index contributed by atoms with van der Waals surface area (Å²) in [6, 6.07) is 10.6. The van der Waals surface area contributed by atoms with E-state index in [1.165, 1.54) is 12.3 Å². The normalized spacial score (nSPS) is 19.3. The Bertz CT molecular complexity index is 1020. The van der Waals surface area contributed by atoms with Gasteiger partial charge < -0.3 is 10.2 Å². The second-order valence-electron chi connectivity index (χ2n) is 7.80. The van der Waals surface area contributed by atoms with Crippen LogP contribution in [0.2, 0.25) is 0 Å². The number of para-hydroxylation sites is 1. The number of rotatable bonds is 4. The zero-order chi connectivity index (χ0) is 19.4. The van der Waals surface area contributed by atoms with Gasteiger partial charge in [-0.3, -0.25) is 0 Å². The Morgan fingerprint density at radius 1 is 1.04 bits per heavy atom. The number of nitrogens with one attached hydrogen (secondary N) is 1. The Labute approximate surface area is 159 Å². The highest BCUT2D eigenvalue weighted by atomic mass is 19.3. The van der Waals surface area contributed by atoms with Gasteiger partial charge in [-0.05, 0) is 23.8 Å². The van der Waals surface area contributed by atoms with Crippen LogP contribution >= 0.6 is 0 Å². The first kappa shape index (κ1) is 17.2. The van der Waals surface area contributed by atoms with Gasteiger partial charge in [-0.15, -0.1) is 0 Å². The molecule has 28 heavy (non-hydrogen) atoms. The van der Waals surface area contributed by atoms with Crippen molar-refractivity contribution in [1.82, 2.24) is 15.0 Å². The average molecular weight is 385 g/mol. The first-order chi connectivity index (χ1) is 13.4. The van der Waals surface area contributed by atoms with Gasteiger partial charge in [-0.1, -0.05) is 18.2 Å². The van der Waals surface area contributed by atoms with Crippen molar-refractivity contribution < 1.29 is 13.2 Å². The number of hydrogen-bond acceptors (Lipinski definition) is 5. The highest BCUT2D eigenvalue weighted by molar-refractivity contribution is 5.91. The van der Waals surface area contributed by atoms with Crippen LogP contribution in [0.3, 0.4) is 0 Å². The maximum Gasteiger partial charge on any atom is 0.249 e. The number of pyridine rings is 1. The molecule has 144 valence electrons. The van der Waals surface area contributed by atoms with E-state index in [2.05, 4.69) is 20.3 Å². The summed E-state index contributed by atoms with van der Waals surface area (Å²) in [6.45, 7) is 1.58. The average Bonchev–Trinajstić information content (AvgIpc) is 2.63. The molecule has 0 bridgehead atoms. The number of hydrogen-bond donors (Lipinski definition) is 1. The molecule has 2 aromatic heterocycles. The Balaban J connectivity index is 1.38. The van der Waals surface area contributed by atoms with Crippen LogP contribution in [0.25, 0.3) is 10.9 Å². The topological polar surface area (TPSA) is 53.9 Å². The van der Waals surface area contributed by atoms with Gasteiger partial charge in [0.2, 0.25) is 17.8 Å². The van der Waals surface area contributed by atoms with Gasteiger partial charge in [0, 0.05) is 49.5 Å². The molecule has 0 atom stereocenters. The summed E-state index contributed by atoms with van der Waals surface area (Å²) in [4.78, 5) is 14.9. The molecule has 1 saturated heterocycles. The second-order valence-corrected chi connectivity index (χ2v) is 7.80. The maximum atomic E-state index is 13.3. The lowest BCUT2D eigenvalue weighted by atomic mass is 9.61. The Morgan fingerprint density at radius 3 is 2.54 bits per heavy atom. The highest BCUT2D eigenvalue weighted by Gasteiger charge is 2.62. The molecule has 1 N–H and O–H groups in total. The zero-order valence-corrected chi connectivity index (χ0v) is 15.0. The molecule has 5 rings (SSSR count). The molecule has 5 nitrogen and oxygen atoms in total. The smallest absolute Gasteiger partial charge is 0.249 e. The number of alkyl halides is 2. The van der Waals surface area contributed by atoms with Gasteiger partial charge in [-0.25, -0.2) is 18.7 Å². The van der Waals surface area contributed by atoms with Crippen molar-refractivity contribution in [3.63, 3.8) is 0 Å². The third-order valence-corrected chi connectivity index (χ3v) is 5.44. The van der Waals surface area contributed by atoms with Crippen LogP contribution in [-0.4, -0.2) is 34.0 Å². The van der Waals surface area contributed by atoms with E-state index in [9.17, 15) is 13.2 Å². The van der Waals surface area contributed by atoms with E-state index in [0.717, 1.165) is 22.3 Å². The number of anilines is 2. The molecule has 0 unspecified atom stereocenters. The minimum absolute atomic E-state index is 0.0395. The van der Waals surface area contributed by atoms with E-state index in [0.29, 0.717) is 25.6 Å². The SMILES string of the molecule is Fc1ccc(CNc2nc(N3CC4(C3)CC(F)(F)C4)c3ccccc3n2)cn1. The molecule has 1 aliphatic carbocycles. The second kappa shape index (κ2) is 6.05. The van der Waals surface area contributed by atoms with Crippen LogP contribution in [0.4, 0.5) is 24.9 Å². The van der Waals surface area contributed by atoms with Crippen LogP contribution in [0.1, 0.15) is 18.4 Å². The molecule has 2 aliphatic rings. The van der Waals surface area contributed by atoms with Crippen molar-refractivity contribution in [3.8, 4) is 0 Å². The maximum absolute atomic E-state index is 13.3. The van der Waals surface area contributed by atoms with Gasteiger partial charge in [0.15, 0.2) is 0 Å². The quantitative estimate of drug-likeness (QED) is 0.688. The summed E-state index contributed by atoms with van der Waals surface area (Å²) < 4.78 is 39.6. The summed E-state index contributed by atoms with van der Waals surface area (Å²) in [5.74, 6) is -1.85. The van der Waals surface area contributed by atoms with E-state index in [-0.39, 0.29) is 18.3 Å². The first-order valence-electron chi connectivity index (χ1n) is 9.15. The fourth-order valence-corrected chi connectivity index (χ4v) is 4.25. The van der Waals surface area contributed by atoms with Gasteiger partial charge in [0.25, 0.3) is 0 Å². The van der Waals surface area contributed by atoms with E-state index in [1.807, 2.05) is 29.2 Å². The predicted octanol–water partition coefficient (Wildman–Crippen LogP) is 4.01. The Morgan fingerprint density at radius 2 is 1.82 bits per heavy atom. The lowest BCUT2D eigenvalue weighted by molar-refractivity contribution is -0.170. The molecule has 8 heteroatoms. The van der Waals surface area contributed by atoms with Gasteiger partial charge >= 0.3 is 0 Å². The molecule has 0 amide bonds. The number of fused-ring (bicyclic) bond motifs is 1. The van der Waals surface area contributed by atoms with Gasteiger partial charge in [-0.2, -0.15) is 9.37 Å². The van der Waals surface area contributed by atoms with Crippen molar-refractivity contribution in [1.29, 1.82) is 0 Å². The number of halogens is 3. The largest absolute Gasteiger partial charge is 0.355 e. The fourth-order valence-electron chi connectivity index (χ4n) is 4.25. The molecule has 1 aliphatic heterocycles. The summed E-state index contributed by atoms with van der Waals surface area (Å²) >= 11 is 0. The number of nitrogens with zero attached hydrogens (tertiary/aromatic N) is 4. The molecule has 2 fully saturated rings. The predicted molar refractivity (Wildman–Crippen MR) is 99.9 cm³/mol. The third-order valence-electron chi connectivity index (χ3n) is 5.44. The van der Waals surface area contributed by atoms with Gasteiger partial charge in [0.1, 0.15) is 5.82 Å². The Hall–Kier alpha value is -2.90. The standard InChI is InChI=1S/C20H18F3N5/c21-16-6-5-13(7-24-16)8-25-18-26-15-4-2-1-3-14(15)17(27-18)28-11-19(12-28)9-20(22,23)10-19/h1-7H,8-12H2,(H,25,26,27). The number of aromatic nitrogens is 3. The van der Waals surface area contributed by atoms with Crippen molar-refractivity contribution in [2.75, 3.05) is 23.3 Å². The van der Waals surface area contributed by atoms with Crippen LogP contribution in [0.15, 0.2) is 42.6 Å². The van der Waals surface area contributed by atoms with Crippen molar-refractivity contribution in [2.45, 2.75) is 25.3 Å². The van der Waals surface area contributed by atoms with Crippen LogP contribution in [-0.2, 0) is 6.54 Å². The van der Waals surface area contributed by atoms with Crippen molar-refractivity contribution in [3.05, 3.63) is 54.1 Å². The van der Waals surface area contributed by atoms with E-state index < -0.39 is 11.9 Å². The molecular weight excluding hydrogens is 367 g/mol. The van der Waals surface area contributed by atoms with E-state index in [4.69, 9.17) is 0 Å². The van der Waals surface area contributed by atoms with Crippen LogP contribution in [0, 0.1) is 11.4 Å². The summed E-state index contributed by atoms with van der Waals surface area (Å²) in [7, 11) is 0. The molecule has 3 aromatic rings. The number of benzene rings is 1. The first-order valence-corrected chi connectivity index (χ1v) is 9.15. The zero-order valence-electron chi connectivity index (χ0n) is 15.0.